The molecule has 0 saturated heterocycles. The predicted molar refractivity (Wildman–Crippen MR) is 97.6 cm³/mol. The van der Waals surface area contributed by atoms with E-state index in [1.807, 2.05) is 30.3 Å². The summed E-state index contributed by atoms with van der Waals surface area (Å²) in [5.74, 6) is -0.385. The highest BCUT2D eigenvalue weighted by molar-refractivity contribution is 6.30. The largest absolute Gasteiger partial charge is 0.295 e. The summed E-state index contributed by atoms with van der Waals surface area (Å²) in [6.07, 6.45) is 1.33. The molecule has 0 spiro atoms. The van der Waals surface area contributed by atoms with Gasteiger partial charge in [-0.1, -0.05) is 29.8 Å². The smallest absolute Gasteiger partial charge is 0.280 e. The van der Waals surface area contributed by atoms with Gasteiger partial charge in [-0.15, -0.1) is 0 Å². The molecule has 7 heteroatoms. The number of carbonyl (C=O) groups excluding carboxylic acids is 1. The standard InChI is InChI=1S/C18H15ClN4O2/c1-12-16(18(25)23(22-12)15-5-3-2-4-6-15)11-20-21-17(24)13-7-9-14(19)10-8-13/h2-11,22H,1H3,(H,21,24)/b20-11+. The van der Waals surface area contributed by atoms with Gasteiger partial charge in [0.2, 0.25) is 0 Å². The van der Waals surface area contributed by atoms with Gasteiger partial charge < -0.3 is 0 Å². The molecule has 0 aliphatic carbocycles. The number of carbonyl (C=O) groups is 1. The fraction of sp³-hybridized carbons (Fsp3) is 0.0556. The zero-order valence-electron chi connectivity index (χ0n) is 13.4. The first-order valence-corrected chi connectivity index (χ1v) is 7.90. The van der Waals surface area contributed by atoms with E-state index in [9.17, 15) is 9.59 Å². The molecule has 2 aromatic carbocycles. The van der Waals surface area contributed by atoms with Gasteiger partial charge in [-0.3, -0.25) is 14.7 Å². The molecule has 0 saturated carbocycles. The molecule has 1 aromatic heterocycles. The van der Waals surface area contributed by atoms with Crippen LogP contribution in [-0.2, 0) is 0 Å². The van der Waals surface area contributed by atoms with Gasteiger partial charge in [0, 0.05) is 16.3 Å². The van der Waals surface area contributed by atoms with Crippen molar-refractivity contribution in [2.75, 3.05) is 0 Å². The fourth-order valence-electron chi connectivity index (χ4n) is 2.29. The van der Waals surface area contributed by atoms with E-state index in [4.69, 9.17) is 11.6 Å². The van der Waals surface area contributed by atoms with Crippen molar-refractivity contribution in [3.05, 3.63) is 86.8 Å². The number of hydrazone groups is 1. The number of halogens is 1. The number of nitrogens with zero attached hydrogens (tertiary/aromatic N) is 2. The first-order valence-electron chi connectivity index (χ1n) is 7.52. The summed E-state index contributed by atoms with van der Waals surface area (Å²) in [6, 6.07) is 15.6. The third-order valence-corrected chi connectivity index (χ3v) is 3.85. The fourth-order valence-corrected chi connectivity index (χ4v) is 2.42. The summed E-state index contributed by atoms with van der Waals surface area (Å²) in [6.45, 7) is 1.77. The summed E-state index contributed by atoms with van der Waals surface area (Å²) in [4.78, 5) is 24.5. The second-order valence-corrected chi connectivity index (χ2v) is 5.77. The number of H-pyrrole nitrogens is 1. The molecular formula is C18H15ClN4O2. The van der Waals surface area contributed by atoms with Gasteiger partial charge in [0.1, 0.15) is 0 Å². The van der Waals surface area contributed by atoms with Crippen LogP contribution in [0.2, 0.25) is 5.02 Å². The number of aromatic amines is 1. The van der Waals surface area contributed by atoms with Crippen molar-refractivity contribution in [3.63, 3.8) is 0 Å². The first-order chi connectivity index (χ1) is 12.1. The summed E-state index contributed by atoms with van der Waals surface area (Å²) in [7, 11) is 0. The molecule has 0 radical (unpaired) electrons. The van der Waals surface area contributed by atoms with Gasteiger partial charge in [-0.2, -0.15) is 5.10 Å². The summed E-state index contributed by atoms with van der Waals surface area (Å²) >= 11 is 5.79. The van der Waals surface area contributed by atoms with E-state index in [1.54, 1.807) is 31.2 Å². The van der Waals surface area contributed by atoms with Crippen LogP contribution in [0.4, 0.5) is 0 Å². The number of benzene rings is 2. The van der Waals surface area contributed by atoms with E-state index in [2.05, 4.69) is 15.6 Å². The molecule has 3 aromatic rings. The molecule has 2 N–H and O–H groups in total. The zero-order chi connectivity index (χ0) is 17.8. The second kappa shape index (κ2) is 7.19. The van der Waals surface area contributed by atoms with Crippen LogP contribution in [0.5, 0.6) is 0 Å². The molecule has 0 aliphatic rings. The Hall–Kier alpha value is -3.12. The van der Waals surface area contributed by atoms with E-state index in [0.29, 0.717) is 21.8 Å². The normalized spacial score (nSPS) is 11.0. The van der Waals surface area contributed by atoms with Crippen LogP contribution in [0.3, 0.4) is 0 Å². The van der Waals surface area contributed by atoms with Crippen LogP contribution >= 0.6 is 11.6 Å². The van der Waals surface area contributed by atoms with E-state index < -0.39 is 0 Å². The molecule has 3 rings (SSSR count). The maximum Gasteiger partial charge on any atom is 0.280 e. The van der Waals surface area contributed by atoms with Gasteiger partial charge in [0.05, 0.1) is 17.5 Å². The molecule has 0 aliphatic heterocycles. The SMILES string of the molecule is Cc1[nH]n(-c2ccccc2)c(=O)c1/C=N/NC(=O)c1ccc(Cl)cc1. The highest BCUT2D eigenvalue weighted by Gasteiger charge is 2.10. The Kier molecular flexibility index (Phi) is 4.81. The Morgan fingerprint density at radius 1 is 1.16 bits per heavy atom. The quantitative estimate of drug-likeness (QED) is 0.558. The van der Waals surface area contributed by atoms with Gasteiger partial charge >= 0.3 is 0 Å². The lowest BCUT2D eigenvalue weighted by molar-refractivity contribution is 0.0955. The number of para-hydroxylation sites is 1. The third kappa shape index (κ3) is 3.70. The van der Waals surface area contributed by atoms with Crippen LogP contribution in [0.25, 0.3) is 5.69 Å². The minimum absolute atomic E-state index is 0.242. The maximum atomic E-state index is 12.5. The van der Waals surface area contributed by atoms with E-state index in [1.165, 1.54) is 10.9 Å². The third-order valence-electron chi connectivity index (χ3n) is 3.60. The van der Waals surface area contributed by atoms with Crippen molar-refractivity contribution in [1.82, 2.24) is 15.2 Å². The molecular weight excluding hydrogens is 340 g/mol. The van der Waals surface area contributed by atoms with E-state index in [0.717, 1.165) is 5.69 Å². The lowest BCUT2D eigenvalue weighted by Crippen LogP contribution is -2.20. The number of hydrogen-bond acceptors (Lipinski definition) is 3. The van der Waals surface area contributed by atoms with Crippen LogP contribution in [0.15, 0.2) is 64.5 Å². The second-order valence-electron chi connectivity index (χ2n) is 5.33. The van der Waals surface area contributed by atoms with Crippen molar-refractivity contribution in [2.45, 2.75) is 6.92 Å². The molecule has 0 fully saturated rings. The molecule has 6 nitrogen and oxygen atoms in total. The lowest BCUT2D eigenvalue weighted by Gasteiger charge is -1.99. The molecule has 25 heavy (non-hydrogen) atoms. The number of rotatable bonds is 4. The van der Waals surface area contributed by atoms with Crippen LogP contribution in [0, 0.1) is 6.92 Å². The van der Waals surface area contributed by atoms with Crippen molar-refractivity contribution in [3.8, 4) is 5.69 Å². The Bertz CT molecular complexity index is 973. The summed E-state index contributed by atoms with van der Waals surface area (Å²) < 4.78 is 1.43. The highest BCUT2D eigenvalue weighted by Crippen LogP contribution is 2.09. The van der Waals surface area contributed by atoms with Gasteiger partial charge in [0.25, 0.3) is 11.5 Å². The Balaban J connectivity index is 1.78. The van der Waals surface area contributed by atoms with Gasteiger partial charge in [0.15, 0.2) is 0 Å². The van der Waals surface area contributed by atoms with Crippen LogP contribution < -0.4 is 11.0 Å². The minimum Gasteiger partial charge on any atom is -0.295 e. The van der Waals surface area contributed by atoms with Crippen molar-refractivity contribution >= 4 is 23.7 Å². The lowest BCUT2D eigenvalue weighted by atomic mass is 10.2. The molecule has 1 heterocycles. The average molecular weight is 355 g/mol. The molecule has 0 atom stereocenters. The van der Waals surface area contributed by atoms with Crippen LogP contribution in [-0.4, -0.2) is 21.9 Å². The van der Waals surface area contributed by atoms with Gasteiger partial charge in [-0.05, 0) is 43.3 Å². The Morgan fingerprint density at radius 2 is 1.84 bits per heavy atom. The number of aromatic nitrogens is 2. The minimum atomic E-state index is -0.385. The number of aryl methyl sites for hydroxylation is 1. The number of amides is 1. The molecule has 0 bridgehead atoms. The molecule has 0 unspecified atom stereocenters. The molecule has 1 amide bonds. The number of hydrogen-bond donors (Lipinski definition) is 2. The Morgan fingerprint density at radius 3 is 2.52 bits per heavy atom. The van der Waals surface area contributed by atoms with Crippen molar-refractivity contribution in [2.24, 2.45) is 5.10 Å². The monoisotopic (exact) mass is 354 g/mol. The zero-order valence-corrected chi connectivity index (χ0v) is 14.1. The Labute approximate surface area is 148 Å². The van der Waals surface area contributed by atoms with Gasteiger partial charge in [-0.25, -0.2) is 10.1 Å². The average Bonchev–Trinajstić information content (AvgIpc) is 2.91. The predicted octanol–water partition coefficient (Wildman–Crippen LogP) is 2.89. The van der Waals surface area contributed by atoms with Crippen LogP contribution in [0.1, 0.15) is 21.6 Å². The van der Waals surface area contributed by atoms with E-state index in [-0.39, 0.29) is 11.5 Å². The maximum absolute atomic E-state index is 12.5. The molecule has 126 valence electrons. The summed E-state index contributed by atoms with van der Waals surface area (Å²) in [5.41, 5.74) is 4.33. The highest BCUT2D eigenvalue weighted by atomic mass is 35.5. The van der Waals surface area contributed by atoms with Crippen molar-refractivity contribution < 1.29 is 4.79 Å². The topological polar surface area (TPSA) is 79.2 Å². The number of nitrogens with one attached hydrogen (secondary N) is 2. The van der Waals surface area contributed by atoms with Crippen molar-refractivity contribution in [1.29, 1.82) is 0 Å². The summed E-state index contributed by atoms with van der Waals surface area (Å²) in [5, 5.41) is 7.41. The van der Waals surface area contributed by atoms with E-state index >= 15 is 0 Å². The first kappa shape index (κ1) is 16.7.